The predicted molar refractivity (Wildman–Crippen MR) is 133 cm³/mol. The van der Waals surface area contributed by atoms with Crippen LogP contribution in [-0.4, -0.2) is 50.5 Å². The first-order valence-electron chi connectivity index (χ1n) is 11.0. The van der Waals surface area contributed by atoms with Gasteiger partial charge >= 0.3 is 0 Å². The molecule has 0 unspecified atom stereocenters. The summed E-state index contributed by atoms with van der Waals surface area (Å²) in [4.78, 5) is 27.8. The Morgan fingerprint density at radius 3 is 2.24 bits per heavy atom. The van der Waals surface area contributed by atoms with Gasteiger partial charge in [-0.2, -0.15) is 0 Å². The van der Waals surface area contributed by atoms with Crippen molar-refractivity contribution in [2.24, 2.45) is 5.92 Å². The number of nitrogens with zero attached hydrogens (tertiary/aromatic N) is 2. The van der Waals surface area contributed by atoms with E-state index in [0.29, 0.717) is 18.5 Å². The number of para-hydroxylation sites is 1. The number of hydrogen-bond donors (Lipinski definition) is 1. The lowest BCUT2D eigenvalue weighted by atomic mass is 10.1. The van der Waals surface area contributed by atoms with Crippen LogP contribution in [0.2, 0.25) is 5.02 Å². The third kappa shape index (κ3) is 7.70. The summed E-state index contributed by atoms with van der Waals surface area (Å²) in [6, 6.07) is 11.1. The molecule has 0 spiro atoms. The third-order valence-electron chi connectivity index (χ3n) is 5.14. The van der Waals surface area contributed by atoms with E-state index < -0.39 is 34.3 Å². The van der Waals surface area contributed by atoms with Crippen molar-refractivity contribution in [1.29, 1.82) is 0 Å². The van der Waals surface area contributed by atoms with Crippen LogP contribution in [0, 0.1) is 11.7 Å². The highest BCUT2D eigenvalue weighted by molar-refractivity contribution is 7.92. The van der Waals surface area contributed by atoms with E-state index in [-0.39, 0.29) is 29.1 Å². The summed E-state index contributed by atoms with van der Waals surface area (Å²) in [6.45, 7) is 5.58. The Kier molecular flexibility index (Phi) is 9.88. The molecule has 2 aromatic rings. The number of anilines is 1. The van der Waals surface area contributed by atoms with E-state index >= 15 is 0 Å². The van der Waals surface area contributed by atoms with Gasteiger partial charge in [0.25, 0.3) is 0 Å². The van der Waals surface area contributed by atoms with Crippen LogP contribution in [0.1, 0.15) is 32.8 Å². The number of amides is 2. The van der Waals surface area contributed by atoms with Gasteiger partial charge in [-0.25, -0.2) is 12.8 Å². The molecule has 0 aliphatic rings. The third-order valence-corrected chi connectivity index (χ3v) is 6.58. The van der Waals surface area contributed by atoms with Crippen LogP contribution in [0.5, 0.6) is 0 Å². The average molecular weight is 512 g/mol. The molecular formula is C24H31ClFN3O4S. The molecule has 0 saturated carbocycles. The first-order chi connectivity index (χ1) is 15.9. The van der Waals surface area contributed by atoms with E-state index in [4.69, 9.17) is 11.6 Å². The molecule has 0 bridgehead atoms. The number of halogens is 2. The van der Waals surface area contributed by atoms with E-state index in [2.05, 4.69) is 5.32 Å². The van der Waals surface area contributed by atoms with Crippen LogP contribution in [0.25, 0.3) is 0 Å². The highest BCUT2D eigenvalue weighted by Gasteiger charge is 2.32. The highest BCUT2D eigenvalue weighted by atomic mass is 35.5. The van der Waals surface area contributed by atoms with Gasteiger partial charge in [-0.05, 0) is 42.2 Å². The second kappa shape index (κ2) is 12.2. The van der Waals surface area contributed by atoms with Gasteiger partial charge in [-0.3, -0.25) is 13.9 Å². The molecule has 7 nitrogen and oxygen atoms in total. The Morgan fingerprint density at radius 2 is 1.71 bits per heavy atom. The van der Waals surface area contributed by atoms with Gasteiger partial charge in [0.15, 0.2) is 0 Å². The minimum absolute atomic E-state index is 0.00679. The van der Waals surface area contributed by atoms with Crippen molar-refractivity contribution in [3.05, 3.63) is 64.9 Å². The van der Waals surface area contributed by atoms with E-state index in [1.165, 1.54) is 41.3 Å². The van der Waals surface area contributed by atoms with Crippen molar-refractivity contribution < 1.29 is 22.4 Å². The first-order valence-corrected chi connectivity index (χ1v) is 13.2. The molecule has 10 heteroatoms. The van der Waals surface area contributed by atoms with Crippen LogP contribution in [0.4, 0.5) is 10.1 Å². The number of rotatable bonds is 11. The predicted octanol–water partition coefficient (Wildman–Crippen LogP) is 3.82. The second-order valence-corrected chi connectivity index (χ2v) is 10.7. The van der Waals surface area contributed by atoms with Crippen molar-refractivity contribution in [3.8, 4) is 0 Å². The molecule has 1 N–H and O–H groups in total. The number of carbonyl (C=O) groups excluding carboxylic acids is 2. The summed E-state index contributed by atoms with van der Waals surface area (Å²) >= 11 is 6.21. The topological polar surface area (TPSA) is 86.8 Å². The molecule has 2 rings (SSSR count). The highest BCUT2D eigenvalue weighted by Crippen LogP contribution is 2.27. The first kappa shape index (κ1) is 27.6. The Labute approximate surface area is 205 Å². The fourth-order valence-corrected chi connectivity index (χ4v) is 4.53. The van der Waals surface area contributed by atoms with Crippen molar-refractivity contribution in [2.45, 2.75) is 39.8 Å². The maximum absolute atomic E-state index is 13.5. The van der Waals surface area contributed by atoms with Gasteiger partial charge in [0.2, 0.25) is 21.8 Å². The van der Waals surface area contributed by atoms with E-state index in [1.807, 2.05) is 13.8 Å². The van der Waals surface area contributed by atoms with Gasteiger partial charge in [0.1, 0.15) is 18.4 Å². The molecule has 2 aromatic carbocycles. The number of hydrogen-bond acceptors (Lipinski definition) is 4. The number of benzene rings is 2. The minimum atomic E-state index is -3.87. The van der Waals surface area contributed by atoms with Crippen molar-refractivity contribution in [2.75, 3.05) is 23.7 Å². The summed E-state index contributed by atoms with van der Waals surface area (Å²) in [5.74, 6) is -1.13. The smallest absolute Gasteiger partial charge is 0.244 e. The molecule has 1 atom stereocenters. The van der Waals surface area contributed by atoms with Gasteiger partial charge < -0.3 is 10.2 Å². The molecule has 0 heterocycles. The van der Waals surface area contributed by atoms with Crippen molar-refractivity contribution in [3.63, 3.8) is 0 Å². The van der Waals surface area contributed by atoms with Crippen LogP contribution >= 0.6 is 11.6 Å². The standard InChI is InChI=1S/C24H31ClFN3O4S/c1-5-21(24(31)27-14-17(2)3)28(15-18-10-12-19(26)13-11-18)23(30)16-29(34(4,32)33)22-9-7-6-8-20(22)25/h6-13,17,21H,5,14-16H2,1-4H3,(H,27,31)/t21-/m1/s1. The Bertz CT molecular complexity index is 1090. The van der Waals surface area contributed by atoms with E-state index in [9.17, 15) is 22.4 Å². The lowest BCUT2D eigenvalue weighted by Crippen LogP contribution is -2.52. The Hall–Kier alpha value is -2.65. The summed E-state index contributed by atoms with van der Waals surface area (Å²) in [7, 11) is -3.87. The van der Waals surface area contributed by atoms with E-state index in [1.54, 1.807) is 19.1 Å². The van der Waals surface area contributed by atoms with Gasteiger partial charge in [0, 0.05) is 13.1 Å². The fraction of sp³-hybridized carbons (Fsp3) is 0.417. The molecule has 0 aliphatic carbocycles. The maximum atomic E-state index is 13.5. The molecule has 0 radical (unpaired) electrons. The largest absolute Gasteiger partial charge is 0.354 e. The molecular weight excluding hydrogens is 481 g/mol. The summed E-state index contributed by atoms with van der Waals surface area (Å²) in [5.41, 5.74) is 0.771. The molecule has 0 fully saturated rings. The summed E-state index contributed by atoms with van der Waals surface area (Å²) in [6.07, 6.45) is 1.29. The molecule has 2 amide bonds. The second-order valence-electron chi connectivity index (χ2n) is 8.43. The van der Waals surface area contributed by atoms with Gasteiger partial charge in [0.05, 0.1) is 17.0 Å². The minimum Gasteiger partial charge on any atom is -0.354 e. The normalized spacial score (nSPS) is 12.3. The molecule has 0 aliphatic heterocycles. The van der Waals surface area contributed by atoms with Crippen LogP contribution in [0.3, 0.4) is 0 Å². The number of nitrogens with one attached hydrogen (secondary N) is 1. The molecule has 186 valence electrons. The molecule has 0 aromatic heterocycles. The average Bonchev–Trinajstić information content (AvgIpc) is 2.77. The summed E-state index contributed by atoms with van der Waals surface area (Å²) in [5, 5.41) is 3.02. The zero-order chi connectivity index (χ0) is 25.5. The zero-order valence-electron chi connectivity index (χ0n) is 19.8. The van der Waals surface area contributed by atoms with Gasteiger partial charge in [-0.15, -0.1) is 0 Å². The molecule has 34 heavy (non-hydrogen) atoms. The van der Waals surface area contributed by atoms with Crippen molar-refractivity contribution in [1.82, 2.24) is 10.2 Å². The fourth-order valence-electron chi connectivity index (χ4n) is 3.38. The Balaban J connectivity index is 2.42. The SMILES string of the molecule is CC[C@H](C(=O)NCC(C)C)N(Cc1ccc(F)cc1)C(=O)CN(c1ccccc1Cl)S(C)(=O)=O. The quantitative estimate of drug-likeness (QED) is 0.497. The summed E-state index contributed by atoms with van der Waals surface area (Å²) < 4.78 is 39.5. The number of carbonyl (C=O) groups is 2. The van der Waals surface area contributed by atoms with Crippen LogP contribution in [-0.2, 0) is 26.2 Å². The van der Waals surface area contributed by atoms with Crippen molar-refractivity contribution >= 4 is 39.1 Å². The van der Waals surface area contributed by atoms with E-state index in [0.717, 1.165) is 10.6 Å². The molecule has 0 saturated heterocycles. The Morgan fingerprint density at radius 1 is 1.09 bits per heavy atom. The maximum Gasteiger partial charge on any atom is 0.244 e. The van der Waals surface area contributed by atoms with Crippen LogP contribution in [0.15, 0.2) is 48.5 Å². The van der Waals surface area contributed by atoms with Crippen LogP contribution < -0.4 is 9.62 Å². The number of sulfonamides is 1. The lowest BCUT2D eigenvalue weighted by Gasteiger charge is -2.33. The lowest BCUT2D eigenvalue weighted by molar-refractivity contribution is -0.140. The monoisotopic (exact) mass is 511 g/mol. The zero-order valence-corrected chi connectivity index (χ0v) is 21.4. The van der Waals surface area contributed by atoms with Gasteiger partial charge in [-0.1, -0.05) is 56.6 Å².